The van der Waals surface area contributed by atoms with Gasteiger partial charge in [0.2, 0.25) is 0 Å². The molecule has 1 aliphatic heterocycles. The first-order chi connectivity index (χ1) is 9.33. The Hall–Kier alpha value is -0.570. The molecule has 0 aromatic rings. The molecule has 0 aromatic carbocycles. The van der Waals surface area contributed by atoms with E-state index in [0.717, 1.165) is 31.8 Å². The average Bonchev–Trinajstić information content (AvgIpc) is 2.77. The normalized spacial score (nSPS) is 33.0. The van der Waals surface area contributed by atoms with E-state index in [0.29, 0.717) is 11.8 Å². The Kier molecular flexibility index (Phi) is 4.78. The third-order valence-corrected chi connectivity index (χ3v) is 5.63. The summed E-state index contributed by atoms with van der Waals surface area (Å²) in [5, 5.41) is 9.38. The third kappa shape index (κ3) is 3.55. The smallest absolute Gasteiger partial charge is 0.305 e. The molecule has 0 spiro atoms. The summed E-state index contributed by atoms with van der Waals surface area (Å²) in [5.74, 6) is 0.117. The second-order valence-corrected chi connectivity index (χ2v) is 7.98. The zero-order valence-corrected chi connectivity index (χ0v) is 13.5. The maximum absolute atomic E-state index is 11.4. The molecule has 0 aromatic heterocycles. The molecule has 0 bridgehead atoms. The quantitative estimate of drug-likeness (QED) is 0.797. The van der Waals surface area contributed by atoms with E-state index < -0.39 is 5.97 Å². The average molecular weight is 281 g/mol. The fraction of sp³-hybridized carbons (Fsp3) is 0.941. The highest BCUT2D eigenvalue weighted by Crippen LogP contribution is 2.44. The van der Waals surface area contributed by atoms with Gasteiger partial charge in [0, 0.05) is 5.54 Å². The number of hydrogen-bond acceptors (Lipinski definition) is 2. The Morgan fingerprint density at radius 2 is 1.80 bits per heavy atom. The highest BCUT2D eigenvalue weighted by atomic mass is 16.4. The van der Waals surface area contributed by atoms with Gasteiger partial charge in [0.15, 0.2) is 0 Å². The molecule has 1 saturated heterocycles. The summed E-state index contributed by atoms with van der Waals surface area (Å²) in [6, 6.07) is 0. The number of carbonyl (C=O) groups is 1. The Balaban J connectivity index is 2.13. The third-order valence-electron chi connectivity index (χ3n) is 5.63. The summed E-state index contributed by atoms with van der Waals surface area (Å²) in [5.41, 5.74) is 0.298. The fourth-order valence-electron chi connectivity index (χ4n) is 4.33. The van der Waals surface area contributed by atoms with Crippen molar-refractivity contribution in [1.29, 1.82) is 0 Å². The van der Waals surface area contributed by atoms with Crippen LogP contribution in [0.2, 0.25) is 0 Å². The van der Waals surface area contributed by atoms with Crippen molar-refractivity contribution in [3.8, 4) is 0 Å². The summed E-state index contributed by atoms with van der Waals surface area (Å²) in [7, 11) is 0. The number of nitrogens with zero attached hydrogens (tertiary/aromatic N) is 1. The van der Waals surface area contributed by atoms with Gasteiger partial charge in [-0.3, -0.25) is 9.69 Å². The molecule has 2 atom stereocenters. The number of aliphatic carboxylic acids is 1. The Bertz CT molecular complexity index is 341. The molecule has 2 aliphatic rings. The van der Waals surface area contributed by atoms with E-state index in [1.807, 2.05) is 0 Å². The molecule has 3 nitrogen and oxygen atoms in total. The van der Waals surface area contributed by atoms with Crippen LogP contribution < -0.4 is 0 Å². The monoisotopic (exact) mass is 281 g/mol. The standard InChI is InChI=1S/C17H31NO2/c1-16(2,3)14-7-6-9-17(10-8-14,13-15(19)20)18-11-4-5-12-18/h14H,4-13H2,1-3H3,(H,19,20). The van der Waals surface area contributed by atoms with Crippen LogP contribution in [0, 0.1) is 11.3 Å². The van der Waals surface area contributed by atoms with E-state index in [1.165, 1.54) is 32.1 Å². The maximum atomic E-state index is 11.4. The van der Waals surface area contributed by atoms with Crippen molar-refractivity contribution in [2.45, 2.75) is 77.7 Å². The predicted octanol–water partition coefficient (Wildman–Crippen LogP) is 3.92. The largest absolute Gasteiger partial charge is 0.481 e. The lowest BCUT2D eigenvalue weighted by atomic mass is 9.76. The number of rotatable bonds is 3. The van der Waals surface area contributed by atoms with E-state index in [9.17, 15) is 9.90 Å². The van der Waals surface area contributed by atoms with Crippen molar-refractivity contribution in [1.82, 2.24) is 4.90 Å². The Morgan fingerprint density at radius 3 is 2.35 bits per heavy atom. The van der Waals surface area contributed by atoms with Crippen molar-refractivity contribution in [2.24, 2.45) is 11.3 Å². The van der Waals surface area contributed by atoms with Gasteiger partial charge in [0.1, 0.15) is 0 Å². The van der Waals surface area contributed by atoms with Crippen molar-refractivity contribution < 1.29 is 9.90 Å². The van der Waals surface area contributed by atoms with Crippen molar-refractivity contribution in [3.05, 3.63) is 0 Å². The summed E-state index contributed by atoms with van der Waals surface area (Å²) in [6.45, 7) is 9.20. The van der Waals surface area contributed by atoms with Gasteiger partial charge < -0.3 is 5.11 Å². The van der Waals surface area contributed by atoms with Gasteiger partial charge in [-0.15, -0.1) is 0 Å². The number of hydrogen-bond donors (Lipinski definition) is 1. The van der Waals surface area contributed by atoms with Gasteiger partial charge in [0.25, 0.3) is 0 Å². The zero-order valence-electron chi connectivity index (χ0n) is 13.5. The SMILES string of the molecule is CC(C)(C)C1CCCC(CC(=O)O)(N2CCCC2)CC1. The van der Waals surface area contributed by atoms with Crippen molar-refractivity contribution in [2.75, 3.05) is 13.1 Å². The van der Waals surface area contributed by atoms with Gasteiger partial charge in [-0.1, -0.05) is 27.2 Å². The van der Waals surface area contributed by atoms with Crippen LogP contribution in [0.25, 0.3) is 0 Å². The van der Waals surface area contributed by atoms with Crippen LogP contribution in [0.1, 0.15) is 72.1 Å². The number of carboxylic acids is 1. The van der Waals surface area contributed by atoms with Crippen LogP contribution in [0.5, 0.6) is 0 Å². The zero-order chi connectivity index (χ0) is 14.8. The molecule has 1 N–H and O–H groups in total. The lowest BCUT2D eigenvalue weighted by molar-refractivity contribution is -0.140. The molecule has 1 saturated carbocycles. The molecular weight excluding hydrogens is 250 g/mol. The minimum atomic E-state index is -0.619. The van der Waals surface area contributed by atoms with E-state index in [-0.39, 0.29) is 5.54 Å². The molecule has 2 unspecified atom stereocenters. The van der Waals surface area contributed by atoms with Gasteiger partial charge >= 0.3 is 5.97 Å². The highest BCUT2D eigenvalue weighted by Gasteiger charge is 2.42. The molecule has 0 radical (unpaired) electrons. The van der Waals surface area contributed by atoms with Crippen LogP contribution in [0.3, 0.4) is 0 Å². The molecule has 1 aliphatic carbocycles. The summed E-state index contributed by atoms with van der Waals surface area (Å²) in [4.78, 5) is 13.9. The molecule has 20 heavy (non-hydrogen) atoms. The van der Waals surface area contributed by atoms with Gasteiger partial charge in [0.05, 0.1) is 6.42 Å². The predicted molar refractivity (Wildman–Crippen MR) is 81.8 cm³/mol. The maximum Gasteiger partial charge on any atom is 0.305 e. The fourth-order valence-corrected chi connectivity index (χ4v) is 4.33. The van der Waals surface area contributed by atoms with Crippen LogP contribution in [-0.2, 0) is 4.79 Å². The van der Waals surface area contributed by atoms with Gasteiger partial charge in [-0.2, -0.15) is 0 Å². The lowest BCUT2D eigenvalue weighted by Gasteiger charge is -2.41. The first kappa shape index (κ1) is 15.8. The van der Waals surface area contributed by atoms with Crippen molar-refractivity contribution in [3.63, 3.8) is 0 Å². The van der Waals surface area contributed by atoms with Crippen LogP contribution in [-0.4, -0.2) is 34.6 Å². The Labute approximate surface area is 123 Å². The molecular formula is C17H31NO2. The second kappa shape index (κ2) is 6.05. The molecule has 2 rings (SSSR count). The van der Waals surface area contributed by atoms with E-state index in [4.69, 9.17) is 0 Å². The molecule has 116 valence electrons. The van der Waals surface area contributed by atoms with Gasteiger partial charge in [-0.05, 0) is 62.9 Å². The van der Waals surface area contributed by atoms with E-state index >= 15 is 0 Å². The van der Waals surface area contributed by atoms with Crippen LogP contribution >= 0.6 is 0 Å². The van der Waals surface area contributed by atoms with E-state index in [1.54, 1.807) is 0 Å². The molecule has 3 heteroatoms. The number of likely N-dealkylation sites (tertiary alicyclic amines) is 1. The van der Waals surface area contributed by atoms with Gasteiger partial charge in [-0.25, -0.2) is 0 Å². The molecule has 0 amide bonds. The molecule has 2 fully saturated rings. The summed E-state index contributed by atoms with van der Waals surface area (Å²) in [6.07, 6.45) is 8.60. The topological polar surface area (TPSA) is 40.5 Å². The highest BCUT2D eigenvalue weighted by molar-refractivity contribution is 5.68. The van der Waals surface area contributed by atoms with E-state index in [2.05, 4.69) is 25.7 Å². The minimum absolute atomic E-state index is 0.0532. The van der Waals surface area contributed by atoms with Crippen molar-refractivity contribution >= 4 is 5.97 Å². The first-order valence-corrected chi connectivity index (χ1v) is 8.30. The lowest BCUT2D eigenvalue weighted by Crippen LogP contribution is -2.48. The first-order valence-electron chi connectivity index (χ1n) is 8.30. The summed E-state index contributed by atoms with van der Waals surface area (Å²) < 4.78 is 0. The minimum Gasteiger partial charge on any atom is -0.481 e. The van der Waals surface area contributed by atoms with Crippen LogP contribution in [0.15, 0.2) is 0 Å². The molecule has 1 heterocycles. The summed E-state index contributed by atoms with van der Waals surface area (Å²) >= 11 is 0. The van der Waals surface area contributed by atoms with Crippen LogP contribution in [0.4, 0.5) is 0 Å². The second-order valence-electron chi connectivity index (χ2n) is 7.98. The number of carboxylic acid groups (broad SMARTS) is 1. The Morgan fingerprint density at radius 1 is 1.15 bits per heavy atom.